The molecular formula is C15H20N2O5. The second-order valence-corrected chi connectivity index (χ2v) is 5.47. The minimum atomic E-state index is -0.546. The Kier molecular flexibility index (Phi) is 5.91. The summed E-state index contributed by atoms with van der Waals surface area (Å²) >= 11 is 0. The molecule has 22 heavy (non-hydrogen) atoms. The van der Waals surface area contributed by atoms with E-state index in [2.05, 4.69) is 5.32 Å². The summed E-state index contributed by atoms with van der Waals surface area (Å²) in [5, 5.41) is 13.3. The number of methoxy groups -OCH3 is 1. The van der Waals surface area contributed by atoms with E-state index in [1.165, 1.54) is 19.2 Å². The maximum atomic E-state index is 11.4. The summed E-state index contributed by atoms with van der Waals surface area (Å²) in [7, 11) is 1.44. The van der Waals surface area contributed by atoms with Crippen molar-refractivity contribution in [3.63, 3.8) is 0 Å². The molecule has 1 N–H and O–H groups in total. The number of nitrogens with zero attached hydrogens (tertiary/aromatic N) is 1. The number of carbonyl (C=O) groups is 1. The highest BCUT2D eigenvalue weighted by molar-refractivity contribution is 5.68. The first-order chi connectivity index (χ1) is 10.2. The Hall–Kier alpha value is -2.57. The summed E-state index contributed by atoms with van der Waals surface area (Å²) in [6.07, 6.45) is 2.90. The molecule has 0 bridgehead atoms. The van der Waals surface area contributed by atoms with E-state index in [-0.39, 0.29) is 12.2 Å². The van der Waals surface area contributed by atoms with Gasteiger partial charge in [-0.05, 0) is 26.8 Å². The Morgan fingerprint density at radius 1 is 1.41 bits per heavy atom. The lowest BCUT2D eigenvalue weighted by Crippen LogP contribution is -2.32. The molecule has 1 aromatic carbocycles. The van der Waals surface area contributed by atoms with Crippen molar-refractivity contribution in [3.05, 3.63) is 40.0 Å². The van der Waals surface area contributed by atoms with Crippen molar-refractivity contribution >= 4 is 17.9 Å². The summed E-state index contributed by atoms with van der Waals surface area (Å²) < 4.78 is 10.2. The van der Waals surface area contributed by atoms with Crippen LogP contribution in [0, 0.1) is 10.1 Å². The van der Waals surface area contributed by atoms with Gasteiger partial charge in [0.25, 0.3) is 5.69 Å². The zero-order valence-electron chi connectivity index (χ0n) is 13.1. The van der Waals surface area contributed by atoms with Gasteiger partial charge in [0.1, 0.15) is 11.4 Å². The lowest BCUT2D eigenvalue weighted by atomic mass is 10.1. The SMILES string of the molecule is COc1cc([N+](=O)[O-])ccc1C=CCNC(=O)OC(C)(C)C. The summed E-state index contributed by atoms with van der Waals surface area (Å²) in [5.74, 6) is 0.391. The van der Waals surface area contributed by atoms with Crippen molar-refractivity contribution in [2.75, 3.05) is 13.7 Å². The average Bonchev–Trinajstić information content (AvgIpc) is 2.41. The zero-order chi connectivity index (χ0) is 16.8. The van der Waals surface area contributed by atoms with Crippen molar-refractivity contribution in [2.45, 2.75) is 26.4 Å². The van der Waals surface area contributed by atoms with Gasteiger partial charge < -0.3 is 14.8 Å². The Labute approximate surface area is 129 Å². The second-order valence-electron chi connectivity index (χ2n) is 5.47. The molecule has 0 saturated heterocycles. The summed E-state index contributed by atoms with van der Waals surface area (Å²) in [5.41, 5.74) is 0.0926. The Balaban J connectivity index is 2.63. The lowest BCUT2D eigenvalue weighted by molar-refractivity contribution is -0.384. The van der Waals surface area contributed by atoms with E-state index in [4.69, 9.17) is 9.47 Å². The average molecular weight is 308 g/mol. The minimum Gasteiger partial charge on any atom is -0.496 e. The van der Waals surface area contributed by atoms with Crippen molar-refractivity contribution in [1.29, 1.82) is 0 Å². The summed E-state index contributed by atoms with van der Waals surface area (Å²) in [4.78, 5) is 21.7. The second kappa shape index (κ2) is 7.44. The molecule has 0 radical (unpaired) electrons. The van der Waals surface area contributed by atoms with Crippen LogP contribution in [0.2, 0.25) is 0 Å². The van der Waals surface area contributed by atoms with Crippen molar-refractivity contribution in [2.24, 2.45) is 0 Å². The molecular weight excluding hydrogens is 288 g/mol. The number of ether oxygens (including phenoxy) is 2. The van der Waals surface area contributed by atoms with Gasteiger partial charge in [0.2, 0.25) is 0 Å². The van der Waals surface area contributed by atoms with Crippen molar-refractivity contribution < 1.29 is 19.2 Å². The van der Waals surface area contributed by atoms with E-state index in [0.29, 0.717) is 11.3 Å². The number of benzene rings is 1. The van der Waals surface area contributed by atoms with Gasteiger partial charge in [0.15, 0.2) is 0 Å². The van der Waals surface area contributed by atoms with Crippen LogP contribution in [0.1, 0.15) is 26.3 Å². The number of nitrogens with one attached hydrogen (secondary N) is 1. The highest BCUT2D eigenvalue weighted by Crippen LogP contribution is 2.25. The normalized spacial score (nSPS) is 11.3. The maximum absolute atomic E-state index is 11.4. The molecule has 1 amide bonds. The number of nitro groups is 1. The molecule has 0 atom stereocenters. The van der Waals surface area contributed by atoms with Crippen LogP contribution in [0.4, 0.5) is 10.5 Å². The van der Waals surface area contributed by atoms with E-state index in [1.807, 2.05) is 0 Å². The third-order valence-corrected chi connectivity index (χ3v) is 2.49. The lowest BCUT2D eigenvalue weighted by Gasteiger charge is -2.19. The number of nitro benzene ring substituents is 1. The molecule has 120 valence electrons. The molecule has 0 fully saturated rings. The third kappa shape index (κ3) is 5.82. The standard InChI is InChI=1S/C15H20N2O5/c1-15(2,3)22-14(18)16-9-5-6-11-7-8-12(17(19)20)10-13(11)21-4/h5-8,10H,9H2,1-4H3,(H,16,18). The number of amides is 1. The van der Waals surface area contributed by atoms with Gasteiger partial charge in [-0.1, -0.05) is 12.2 Å². The van der Waals surface area contributed by atoms with Crippen LogP contribution in [-0.4, -0.2) is 30.3 Å². The molecule has 0 heterocycles. The fraction of sp³-hybridized carbons (Fsp3) is 0.400. The molecule has 1 aromatic rings. The van der Waals surface area contributed by atoms with E-state index in [9.17, 15) is 14.9 Å². The Bertz CT molecular complexity index is 576. The molecule has 0 aliphatic rings. The Morgan fingerprint density at radius 2 is 2.09 bits per heavy atom. The molecule has 0 aliphatic carbocycles. The quantitative estimate of drug-likeness (QED) is 0.666. The van der Waals surface area contributed by atoms with Gasteiger partial charge in [-0.2, -0.15) is 0 Å². The molecule has 0 unspecified atom stereocenters. The molecule has 0 aromatic heterocycles. The molecule has 0 saturated carbocycles. The fourth-order valence-electron chi connectivity index (χ4n) is 1.59. The van der Waals surface area contributed by atoms with Gasteiger partial charge >= 0.3 is 6.09 Å². The van der Waals surface area contributed by atoms with Crippen LogP contribution < -0.4 is 10.1 Å². The van der Waals surface area contributed by atoms with Crippen molar-refractivity contribution in [3.8, 4) is 5.75 Å². The monoisotopic (exact) mass is 308 g/mol. The maximum Gasteiger partial charge on any atom is 0.407 e. The van der Waals surface area contributed by atoms with E-state index in [1.54, 1.807) is 39.0 Å². The number of rotatable bonds is 5. The van der Waals surface area contributed by atoms with Gasteiger partial charge in [0, 0.05) is 18.2 Å². The molecule has 1 rings (SSSR count). The molecule has 7 nitrogen and oxygen atoms in total. The predicted molar refractivity (Wildman–Crippen MR) is 82.9 cm³/mol. The van der Waals surface area contributed by atoms with Crippen LogP contribution in [0.25, 0.3) is 6.08 Å². The van der Waals surface area contributed by atoms with Crippen LogP contribution in [0.5, 0.6) is 5.75 Å². The Morgan fingerprint density at radius 3 is 2.64 bits per heavy atom. The fourth-order valence-corrected chi connectivity index (χ4v) is 1.59. The number of hydrogen-bond donors (Lipinski definition) is 1. The van der Waals surface area contributed by atoms with E-state index >= 15 is 0 Å². The van der Waals surface area contributed by atoms with Gasteiger partial charge in [0.05, 0.1) is 18.1 Å². The third-order valence-electron chi connectivity index (χ3n) is 2.49. The first kappa shape index (κ1) is 17.5. The predicted octanol–water partition coefficient (Wildman–Crippen LogP) is 3.14. The van der Waals surface area contributed by atoms with Crippen molar-refractivity contribution in [1.82, 2.24) is 5.32 Å². The van der Waals surface area contributed by atoms with E-state index in [0.717, 1.165) is 0 Å². The van der Waals surface area contributed by atoms with E-state index < -0.39 is 16.6 Å². The number of hydrogen-bond acceptors (Lipinski definition) is 5. The minimum absolute atomic E-state index is 0.0409. The molecule has 0 aliphatic heterocycles. The first-order valence-electron chi connectivity index (χ1n) is 6.69. The first-order valence-corrected chi connectivity index (χ1v) is 6.69. The van der Waals surface area contributed by atoms with Gasteiger partial charge in [-0.15, -0.1) is 0 Å². The highest BCUT2D eigenvalue weighted by atomic mass is 16.6. The topological polar surface area (TPSA) is 90.7 Å². The summed E-state index contributed by atoms with van der Waals surface area (Å²) in [6, 6.07) is 4.32. The molecule has 0 spiro atoms. The smallest absolute Gasteiger partial charge is 0.407 e. The number of alkyl carbamates (subject to hydrolysis) is 1. The molecule has 7 heteroatoms. The van der Waals surface area contributed by atoms with Crippen LogP contribution in [-0.2, 0) is 4.74 Å². The van der Waals surface area contributed by atoms with Gasteiger partial charge in [-0.25, -0.2) is 4.79 Å². The highest BCUT2D eigenvalue weighted by Gasteiger charge is 2.15. The largest absolute Gasteiger partial charge is 0.496 e. The van der Waals surface area contributed by atoms with Gasteiger partial charge in [-0.3, -0.25) is 10.1 Å². The van der Waals surface area contributed by atoms with Crippen LogP contribution in [0.15, 0.2) is 24.3 Å². The zero-order valence-corrected chi connectivity index (χ0v) is 13.1. The number of non-ortho nitro benzene ring substituents is 1. The number of carbonyl (C=O) groups excluding carboxylic acids is 1. The van der Waals surface area contributed by atoms with Crippen LogP contribution >= 0.6 is 0 Å². The van der Waals surface area contributed by atoms with Crippen LogP contribution in [0.3, 0.4) is 0 Å². The summed E-state index contributed by atoms with van der Waals surface area (Å²) in [6.45, 7) is 5.62.